The van der Waals surface area contributed by atoms with Gasteiger partial charge in [-0.15, -0.1) is 0 Å². The van der Waals surface area contributed by atoms with E-state index in [1.807, 2.05) is 18.2 Å². The van der Waals surface area contributed by atoms with E-state index in [-0.39, 0.29) is 18.9 Å². The number of fused-ring (bicyclic) bond motifs is 1. The van der Waals surface area contributed by atoms with E-state index in [1.54, 1.807) is 60.9 Å². The van der Waals surface area contributed by atoms with Crippen LogP contribution in [0.15, 0.2) is 79.1 Å². The number of carbonyl (C=O) groups is 4. The zero-order chi connectivity index (χ0) is 30.8. The fourth-order valence-electron chi connectivity index (χ4n) is 5.30. The molecule has 218 valence electrons. The summed E-state index contributed by atoms with van der Waals surface area (Å²) in [6.07, 6.45) is 3.21. The number of rotatable bonds is 6. The van der Waals surface area contributed by atoms with Crippen LogP contribution >= 0.6 is 0 Å². The molecule has 10 heteroatoms. The van der Waals surface area contributed by atoms with Gasteiger partial charge in [-0.2, -0.15) is 0 Å². The SMILES string of the molecule is COc1ccc2c(c1)C(=O)N(C[C@@]1(C#Cc3ccc(-c4nc(-c5cccnc5)ccc4OC(C)=O)cc3)CC(=O)NC1=O)C2. The van der Waals surface area contributed by atoms with E-state index in [0.717, 1.165) is 11.1 Å². The molecule has 44 heavy (non-hydrogen) atoms. The highest BCUT2D eigenvalue weighted by molar-refractivity contribution is 6.08. The van der Waals surface area contributed by atoms with Crippen LogP contribution in [-0.2, 0) is 20.9 Å². The Bertz CT molecular complexity index is 1880. The molecule has 1 N–H and O–H groups in total. The molecular formula is C34H26N4O6. The van der Waals surface area contributed by atoms with Crippen molar-refractivity contribution in [2.45, 2.75) is 19.9 Å². The van der Waals surface area contributed by atoms with E-state index in [0.29, 0.717) is 46.1 Å². The van der Waals surface area contributed by atoms with Gasteiger partial charge >= 0.3 is 5.97 Å². The molecule has 2 aromatic carbocycles. The van der Waals surface area contributed by atoms with Gasteiger partial charge in [-0.3, -0.25) is 29.5 Å². The first-order valence-electron chi connectivity index (χ1n) is 13.8. The third kappa shape index (κ3) is 5.51. The zero-order valence-electron chi connectivity index (χ0n) is 23.9. The minimum Gasteiger partial charge on any atom is -0.497 e. The van der Waals surface area contributed by atoms with Gasteiger partial charge in [-0.05, 0) is 54.1 Å². The van der Waals surface area contributed by atoms with E-state index in [1.165, 1.54) is 18.9 Å². The summed E-state index contributed by atoms with van der Waals surface area (Å²) in [6, 6.07) is 19.5. The number of ether oxygens (including phenoxy) is 2. The van der Waals surface area contributed by atoms with Gasteiger partial charge in [-0.25, -0.2) is 4.98 Å². The van der Waals surface area contributed by atoms with Gasteiger partial charge in [0.05, 0.1) is 19.2 Å². The highest BCUT2D eigenvalue weighted by Gasteiger charge is 2.48. The monoisotopic (exact) mass is 586 g/mol. The maximum Gasteiger partial charge on any atom is 0.308 e. The number of nitrogens with zero attached hydrogens (tertiary/aromatic N) is 3. The smallest absolute Gasteiger partial charge is 0.308 e. The van der Waals surface area contributed by atoms with Crippen molar-refractivity contribution in [3.8, 4) is 45.9 Å². The van der Waals surface area contributed by atoms with E-state index in [2.05, 4.69) is 22.1 Å². The van der Waals surface area contributed by atoms with Crippen LogP contribution < -0.4 is 14.8 Å². The predicted octanol–water partition coefficient (Wildman–Crippen LogP) is 3.78. The van der Waals surface area contributed by atoms with Crippen LogP contribution in [0.25, 0.3) is 22.5 Å². The van der Waals surface area contributed by atoms with Crippen LogP contribution in [0.5, 0.6) is 11.5 Å². The lowest BCUT2D eigenvalue weighted by molar-refractivity contribution is -0.132. The molecule has 0 saturated carbocycles. The average molecular weight is 587 g/mol. The standard InChI is InChI=1S/C34H26N4O6/c1-21(39)44-29-12-11-28(24-4-3-15-35-18-24)36-31(29)23-7-5-22(6-8-23)13-14-34(17-30(40)37-33(34)42)20-38-19-25-9-10-26(43-2)16-27(25)32(38)41/h3-12,15-16,18H,17,19-20H2,1-2H3,(H,37,40,42)/t34-/m1/s1. The second-order valence-corrected chi connectivity index (χ2v) is 10.5. The molecule has 1 atom stereocenters. The van der Waals surface area contributed by atoms with Gasteiger partial charge in [0, 0.05) is 54.7 Å². The quantitative estimate of drug-likeness (QED) is 0.205. The minimum atomic E-state index is -1.40. The number of pyridine rings is 2. The molecule has 2 aliphatic rings. The summed E-state index contributed by atoms with van der Waals surface area (Å²) in [6.45, 7) is 1.58. The van der Waals surface area contributed by atoms with Gasteiger partial charge in [0.1, 0.15) is 16.9 Å². The Morgan fingerprint density at radius 2 is 1.86 bits per heavy atom. The number of esters is 1. The molecule has 10 nitrogen and oxygen atoms in total. The second kappa shape index (κ2) is 11.5. The Morgan fingerprint density at radius 3 is 2.55 bits per heavy atom. The Kier molecular flexibility index (Phi) is 7.37. The summed E-state index contributed by atoms with van der Waals surface area (Å²) >= 11 is 0. The molecule has 6 rings (SSSR count). The lowest BCUT2D eigenvalue weighted by atomic mass is 9.85. The largest absolute Gasteiger partial charge is 0.497 e. The molecule has 0 spiro atoms. The molecule has 2 aromatic heterocycles. The van der Waals surface area contributed by atoms with Crippen molar-refractivity contribution in [3.63, 3.8) is 0 Å². The van der Waals surface area contributed by atoms with E-state index >= 15 is 0 Å². The molecule has 0 unspecified atom stereocenters. The molecule has 4 heterocycles. The maximum atomic E-state index is 13.2. The number of hydrogen-bond donors (Lipinski definition) is 1. The highest BCUT2D eigenvalue weighted by atomic mass is 16.5. The van der Waals surface area contributed by atoms with Crippen molar-refractivity contribution >= 4 is 23.7 Å². The summed E-state index contributed by atoms with van der Waals surface area (Å²) < 4.78 is 10.7. The zero-order valence-corrected chi connectivity index (χ0v) is 23.9. The van der Waals surface area contributed by atoms with Gasteiger partial charge in [-0.1, -0.05) is 30.0 Å². The molecule has 1 saturated heterocycles. The highest BCUT2D eigenvalue weighted by Crippen LogP contribution is 2.34. The predicted molar refractivity (Wildman–Crippen MR) is 159 cm³/mol. The normalized spacial score (nSPS) is 17.0. The summed E-state index contributed by atoms with van der Waals surface area (Å²) in [5.74, 6) is 5.22. The van der Waals surface area contributed by atoms with Crippen molar-refractivity contribution in [1.82, 2.24) is 20.2 Å². The van der Waals surface area contributed by atoms with Crippen molar-refractivity contribution in [2.75, 3.05) is 13.7 Å². The van der Waals surface area contributed by atoms with Gasteiger partial charge < -0.3 is 14.4 Å². The van der Waals surface area contributed by atoms with Crippen molar-refractivity contribution in [3.05, 3.63) is 95.8 Å². The Morgan fingerprint density at radius 1 is 1.05 bits per heavy atom. The summed E-state index contributed by atoms with van der Waals surface area (Å²) in [5.41, 5.74) is 3.09. The Labute approximate surface area is 253 Å². The topological polar surface area (TPSA) is 128 Å². The summed E-state index contributed by atoms with van der Waals surface area (Å²) in [5, 5.41) is 2.35. The van der Waals surface area contributed by atoms with Crippen LogP contribution in [0.2, 0.25) is 0 Å². The number of hydrogen-bond acceptors (Lipinski definition) is 8. The van der Waals surface area contributed by atoms with E-state index in [4.69, 9.17) is 14.5 Å². The fourth-order valence-corrected chi connectivity index (χ4v) is 5.30. The van der Waals surface area contributed by atoms with Gasteiger partial charge in [0.15, 0.2) is 5.75 Å². The molecule has 3 amide bonds. The molecule has 0 bridgehead atoms. The van der Waals surface area contributed by atoms with Crippen LogP contribution in [0.3, 0.4) is 0 Å². The third-order valence-corrected chi connectivity index (χ3v) is 7.48. The lowest BCUT2D eigenvalue weighted by Gasteiger charge is -2.25. The average Bonchev–Trinajstić information content (AvgIpc) is 3.49. The number of aromatic nitrogens is 2. The summed E-state index contributed by atoms with van der Waals surface area (Å²) in [7, 11) is 1.53. The minimum absolute atomic E-state index is 0.0394. The Balaban J connectivity index is 1.29. The second-order valence-electron chi connectivity index (χ2n) is 10.5. The van der Waals surface area contributed by atoms with Crippen molar-refractivity contribution < 1.29 is 28.7 Å². The van der Waals surface area contributed by atoms with E-state index in [9.17, 15) is 19.2 Å². The molecule has 4 aromatic rings. The molecule has 2 aliphatic heterocycles. The maximum absolute atomic E-state index is 13.2. The van der Waals surface area contributed by atoms with Crippen LogP contribution in [0.4, 0.5) is 0 Å². The lowest BCUT2D eigenvalue weighted by Crippen LogP contribution is -2.42. The molecule has 0 radical (unpaired) electrons. The number of methoxy groups -OCH3 is 1. The van der Waals surface area contributed by atoms with Gasteiger partial charge in [0.2, 0.25) is 11.8 Å². The first-order chi connectivity index (χ1) is 21.2. The van der Waals surface area contributed by atoms with Crippen molar-refractivity contribution in [2.24, 2.45) is 5.41 Å². The van der Waals surface area contributed by atoms with Crippen LogP contribution in [-0.4, -0.2) is 52.2 Å². The summed E-state index contributed by atoms with van der Waals surface area (Å²) in [4.78, 5) is 60.8. The van der Waals surface area contributed by atoms with Crippen molar-refractivity contribution in [1.29, 1.82) is 0 Å². The third-order valence-electron chi connectivity index (χ3n) is 7.48. The first-order valence-corrected chi connectivity index (χ1v) is 13.8. The van der Waals surface area contributed by atoms with Gasteiger partial charge in [0.25, 0.3) is 5.91 Å². The number of benzene rings is 2. The number of nitrogens with one attached hydrogen (secondary N) is 1. The molecule has 0 aliphatic carbocycles. The Hall–Kier alpha value is -5.82. The van der Waals surface area contributed by atoms with Crippen LogP contribution in [0.1, 0.15) is 34.8 Å². The first kappa shape index (κ1) is 28.3. The molecular weight excluding hydrogens is 560 g/mol. The number of carbonyl (C=O) groups excluding carboxylic acids is 4. The van der Waals surface area contributed by atoms with E-state index < -0.39 is 23.2 Å². The molecule has 1 fully saturated rings. The fraction of sp³-hybridized carbons (Fsp3) is 0.176. The number of amides is 3. The van der Waals surface area contributed by atoms with Crippen LogP contribution in [0, 0.1) is 17.3 Å². The number of imide groups is 1.